The van der Waals surface area contributed by atoms with Crippen LogP contribution in [0.4, 0.5) is 16.2 Å². The first-order chi connectivity index (χ1) is 24.1. The number of anilines is 2. The molecular formula is C34H32Cl2N10O4. The Kier molecular flexibility index (Phi) is 11.8. The van der Waals surface area contributed by atoms with Crippen molar-refractivity contribution in [2.45, 2.75) is 12.5 Å². The highest BCUT2D eigenvalue weighted by Crippen LogP contribution is 2.30. The molecule has 2 aromatic heterocycles. The molecular weight excluding hydrogens is 683 g/mol. The number of rotatable bonds is 12. The Balaban J connectivity index is 1.42. The number of benzene rings is 3. The Morgan fingerprint density at radius 3 is 2.34 bits per heavy atom. The summed E-state index contributed by atoms with van der Waals surface area (Å²) < 4.78 is 6.12. The van der Waals surface area contributed by atoms with E-state index in [0.29, 0.717) is 50.9 Å². The summed E-state index contributed by atoms with van der Waals surface area (Å²) in [5, 5.41) is 29.0. The third kappa shape index (κ3) is 9.69. The van der Waals surface area contributed by atoms with Crippen LogP contribution in [0.5, 0.6) is 0 Å². The van der Waals surface area contributed by atoms with Crippen molar-refractivity contribution < 1.29 is 19.1 Å². The molecule has 256 valence electrons. The number of nitrogens with one attached hydrogen (secondary N) is 3. The lowest BCUT2D eigenvalue weighted by molar-refractivity contribution is -0.117. The Bertz CT molecular complexity index is 1990. The number of amides is 3. The van der Waals surface area contributed by atoms with Crippen molar-refractivity contribution in [3.05, 3.63) is 112 Å². The van der Waals surface area contributed by atoms with Crippen LogP contribution in [0.1, 0.15) is 22.9 Å². The van der Waals surface area contributed by atoms with E-state index in [0.717, 1.165) is 5.56 Å². The average Bonchev–Trinajstić information content (AvgIpc) is 3.63. The number of methoxy groups -OCH3 is 1. The average molecular weight is 716 g/mol. The van der Waals surface area contributed by atoms with Crippen molar-refractivity contribution in [2.24, 2.45) is 0 Å². The van der Waals surface area contributed by atoms with Crippen LogP contribution >= 0.6 is 23.2 Å². The van der Waals surface area contributed by atoms with Gasteiger partial charge in [-0.25, -0.2) is 4.79 Å². The molecule has 0 aliphatic rings. The Labute approximate surface area is 297 Å². The first-order valence-corrected chi connectivity index (χ1v) is 15.9. The predicted octanol–water partition coefficient (Wildman–Crippen LogP) is 5.22. The maximum Gasteiger partial charge on any atom is 0.411 e. The zero-order valence-electron chi connectivity index (χ0n) is 27.2. The van der Waals surface area contributed by atoms with E-state index in [9.17, 15) is 14.4 Å². The van der Waals surface area contributed by atoms with Crippen LogP contribution in [0, 0.1) is 0 Å². The topological polar surface area (TPSA) is 169 Å². The van der Waals surface area contributed by atoms with Crippen LogP contribution in [0.3, 0.4) is 0 Å². The van der Waals surface area contributed by atoms with Gasteiger partial charge in [0.1, 0.15) is 6.33 Å². The molecule has 3 amide bonds. The maximum atomic E-state index is 13.5. The van der Waals surface area contributed by atoms with E-state index in [2.05, 4.69) is 46.4 Å². The van der Waals surface area contributed by atoms with Crippen molar-refractivity contribution in [1.82, 2.24) is 40.6 Å². The zero-order valence-corrected chi connectivity index (χ0v) is 28.7. The molecule has 1 unspecified atom stereocenters. The molecule has 0 saturated carbocycles. The molecule has 0 fully saturated rings. The smallest absolute Gasteiger partial charge is 0.411 e. The highest BCUT2D eigenvalue weighted by Gasteiger charge is 2.20. The number of hydrogen-bond acceptors (Lipinski definition) is 10. The monoisotopic (exact) mass is 714 g/mol. The molecule has 2 heterocycles. The summed E-state index contributed by atoms with van der Waals surface area (Å²) >= 11 is 12.8. The SMILES string of the molecule is COC(=O)Nc1ccc(-c2cc(C(Cc3ccc(NC(=O)CN(C)C)cc3)NC(=O)C=Cc3cc(Cl)ccc3-n3cnnn3)nnc2Cl)cc1. The lowest BCUT2D eigenvalue weighted by Gasteiger charge is -2.19. The van der Waals surface area contributed by atoms with E-state index in [-0.39, 0.29) is 17.6 Å². The van der Waals surface area contributed by atoms with Gasteiger partial charge in [-0.05, 0) is 96.7 Å². The first kappa shape index (κ1) is 35.6. The lowest BCUT2D eigenvalue weighted by Crippen LogP contribution is -2.29. The second-order valence-electron chi connectivity index (χ2n) is 11.2. The highest BCUT2D eigenvalue weighted by molar-refractivity contribution is 6.32. The number of halogens is 2. The number of hydrogen-bond donors (Lipinski definition) is 3. The van der Waals surface area contributed by atoms with Gasteiger partial charge in [0, 0.05) is 33.6 Å². The van der Waals surface area contributed by atoms with Gasteiger partial charge in [0.25, 0.3) is 0 Å². The second-order valence-corrected chi connectivity index (χ2v) is 12.0. The minimum Gasteiger partial charge on any atom is -0.453 e. The van der Waals surface area contributed by atoms with Gasteiger partial charge < -0.3 is 20.3 Å². The van der Waals surface area contributed by atoms with Gasteiger partial charge in [-0.15, -0.1) is 10.2 Å². The van der Waals surface area contributed by atoms with Crippen LogP contribution in [-0.4, -0.2) is 81.0 Å². The van der Waals surface area contributed by atoms with E-state index in [1.807, 2.05) is 26.2 Å². The van der Waals surface area contributed by atoms with Crippen molar-refractivity contribution >= 4 is 58.6 Å². The molecule has 0 spiro atoms. The number of aromatic nitrogens is 6. The number of likely N-dealkylation sites (N-methyl/N-ethyl adjacent to an activating group) is 1. The van der Waals surface area contributed by atoms with Crippen molar-refractivity contribution in [3.63, 3.8) is 0 Å². The minimum absolute atomic E-state index is 0.138. The van der Waals surface area contributed by atoms with E-state index < -0.39 is 18.0 Å². The quantitative estimate of drug-likeness (QED) is 0.146. The van der Waals surface area contributed by atoms with E-state index in [1.165, 1.54) is 24.2 Å². The summed E-state index contributed by atoms with van der Waals surface area (Å²) in [6.45, 7) is 0.248. The molecule has 0 aliphatic carbocycles. The van der Waals surface area contributed by atoms with Gasteiger partial charge in [0.2, 0.25) is 11.8 Å². The van der Waals surface area contributed by atoms with Crippen molar-refractivity contribution in [1.29, 1.82) is 0 Å². The Morgan fingerprint density at radius 1 is 0.940 bits per heavy atom. The fourth-order valence-electron chi connectivity index (χ4n) is 4.87. The van der Waals surface area contributed by atoms with Crippen LogP contribution in [0.15, 0.2) is 85.2 Å². The Morgan fingerprint density at radius 2 is 1.66 bits per heavy atom. The summed E-state index contributed by atoms with van der Waals surface area (Å²) in [4.78, 5) is 39.1. The molecule has 3 aromatic carbocycles. The second kappa shape index (κ2) is 16.6. The van der Waals surface area contributed by atoms with Gasteiger partial charge in [-0.2, -0.15) is 9.78 Å². The number of nitrogens with zero attached hydrogens (tertiary/aromatic N) is 7. The molecule has 1 atom stereocenters. The largest absolute Gasteiger partial charge is 0.453 e. The number of ether oxygens (including phenoxy) is 1. The van der Waals surface area contributed by atoms with Gasteiger partial charge in [-0.3, -0.25) is 14.9 Å². The summed E-state index contributed by atoms with van der Waals surface area (Å²) in [6.07, 6.45) is 4.17. The Hall–Kier alpha value is -5.70. The highest BCUT2D eigenvalue weighted by atomic mass is 35.5. The third-order valence-electron chi connectivity index (χ3n) is 7.21. The number of carbonyl (C=O) groups is 3. The molecule has 5 aromatic rings. The summed E-state index contributed by atoms with van der Waals surface area (Å²) in [6, 6.07) is 20.5. The van der Waals surface area contributed by atoms with E-state index >= 15 is 0 Å². The molecule has 14 nitrogen and oxygen atoms in total. The summed E-state index contributed by atoms with van der Waals surface area (Å²) in [7, 11) is 4.91. The zero-order chi connectivity index (χ0) is 35.6. The molecule has 16 heteroatoms. The molecule has 0 bridgehead atoms. The molecule has 5 rings (SSSR count). The van der Waals surface area contributed by atoms with Gasteiger partial charge in [-0.1, -0.05) is 47.5 Å². The maximum absolute atomic E-state index is 13.5. The normalized spacial score (nSPS) is 11.7. The van der Waals surface area contributed by atoms with Crippen LogP contribution in [0.25, 0.3) is 22.9 Å². The minimum atomic E-state index is -0.650. The van der Waals surface area contributed by atoms with Crippen molar-refractivity contribution in [2.75, 3.05) is 38.4 Å². The fraction of sp³-hybridized carbons (Fsp3) is 0.176. The third-order valence-corrected chi connectivity index (χ3v) is 7.72. The van der Waals surface area contributed by atoms with Crippen molar-refractivity contribution in [3.8, 4) is 16.8 Å². The molecule has 3 N–H and O–H groups in total. The van der Waals surface area contributed by atoms with E-state index in [4.69, 9.17) is 23.2 Å². The summed E-state index contributed by atoms with van der Waals surface area (Å²) in [5.74, 6) is -0.553. The molecule has 0 radical (unpaired) electrons. The first-order valence-electron chi connectivity index (χ1n) is 15.1. The molecule has 50 heavy (non-hydrogen) atoms. The van der Waals surface area contributed by atoms with Crippen LogP contribution in [0.2, 0.25) is 10.2 Å². The fourth-order valence-corrected chi connectivity index (χ4v) is 5.25. The van der Waals surface area contributed by atoms with Gasteiger partial charge in [0.15, 0.2) is 5.15 Å². The lowest BCUT2D eigenvalue weighted by atomic mass is 10.00. The predicted molar refractivity (Wildman–Crippen MR) is 190 cm³/mol. The molecule has 0 aliphatic heterocycles. The van der Waals surface area contributed by atoms with Crippen LogP contribution in [-0.2, 0) is 20.7 Å². The molecule has 0 saturated heterocycles. The number of tetrazole rings is 1. The van der Waals surface area contributed by atoms with E-state index in [1.54, 1.807) is 71.6 Å². The van der Waals surface area contributed by atoms with Crippen LogP contribution < -0.4 is 16.0 Å². The van der Waals surface area contributed by atoms with Gasteiger partial charge in [0.05, 0.1) is 31.1 Å². The summed E-state index contributed by atoms with van der Waals surface area (Å²) in [5.41, 5.74) is 4.99. The van der Waals surface area contributed by atoms with Gasteiger partial charge >= 0.3 is 6.09 Å². The number of carbonyl (C=O) groups excluding carboxylic acids is 3. The standard InChI is InChI=1S/C34H32Cl2N10O4/c1-45(2)19-32(48)38-25-10-4-21(5-11-25)16-28(40-31(47)15-8-23-17-24(35)9-14-30(23)46-20-37-43-44-46)29-18-27(33(36)42-41-29)22-6-12-26(13-7-22)39-34(49)50-3/h4-15,17-18,20,28H,16,19H2,1-3H3,(H,38,48)(H,39,49)(H,40,47).